The van der Waals surface area contributed by atoms with Crippen molar-refractivity contribution in [3.63, 3.8) is 0 Å². The van der Waals surface area contributed by atoms with Gasteiger partial charge in [-0.15, -0.1) is 0 Å². The third-order valence-electron chi connectivity index (χ3n) is 3.16. The first-order valence-electron chi connectivity index (χ1n) is 6.44. The van der Waals surface area contributed by atoms with Gasteiger partial charge in [-0.05, 0) is 47.6 Å². The molecule has 2 aromatic heterocycles. The fourth-order valence-corrected chi connectivity index (χ4v) is 2.87. The summed E-state index contributed by atoms with van der Waals surface area (Å²) < 4.78 is 16.3. The van der Waals surface area contributed by atoms with Crippen molar-refractivity contribution in [2.24, 2.45) is 0 Å². The summed E-state index contributed by atoms with van der Waals surface area (Å²) in [5.41, 5.74) is 1.02. The summed E-state index contributed by atoms with van der Waals surface area (Å²) in [6, 6.07) is 3.86. The lowest BCUT2D eigenvalue weighted by Crippen LogP contribution is -2.31. The smallest absolute Gasteiger partial charge is 0.203 e. The monoisotopic (exact) mass is 311 g/mol. The van der Waals surface area contributed by atoms with Crippen LogP contribution in [0.25, 0.3) is 0 Å². The second kappa shape index (κ2) is 6.58. The number of rotatable bonds is 4. The fourth-order valence-electron chi connectivity index (χ4n) is 2.20. The van der Waals surface area contributed by atoms with Crippen molar-refractivity contribution in [1.29, 1.82) is 0 Å². The SMILES string of the molecule is Clc1nc(C2CCCOC2OCc2cccnc2)ns1. The number of hydrogen-bond acceptors (Lipinski definition) is 6. The van der Waals surface area contributed by atoms with Crippen LogP contribution < -0.4 is 0 Å². The predicted octanol–water partition coefficient (Wildman–Crippen LogP) is 3.02. The maximum absolute atomic E-state index is 5.86. The molecule has 1 aliphatic heterocycles. The molecule has 7 heteroatoms. The van der Waals surface area contributed by atoms with E-state index in [0.717, 1.165) is 24.2 Å². The molecule has 0 aromatic carbocycles. The molecule has 0 aliphatic carbocycles. The highest BCUT2D eigenvalue weighted by molar-refractivity contribution is 7.10. The normalized spacial score (nSPS) is 22.9. The van der Waals surface area contributed by atoms with Gasteiger partial charge in [0.15, 0.2) is 12.1 Å². The average molecular weight is 312 g/mol. The van der Waals surface area contributed by atoms with Crippen molar-refractivity contribution >= 4 is 23.1 Å². The van der Waals surface area contributed by atoms with Gasteiger partial charge in [0.05, 0.1) is 12.5 Å². The van der Waals surface area contributed by atoms with Gasteiger partial charge in [0.2, 0.25) is 4.47 Å². The van der Waals surface area contributed by atoms with Crippen LogP contribution in [0.4, 0.5) is 0 Å². The fraction of sp³-hybridized carbons (Fsp3) is 0.462. The highest BCUT2D eigenvalue weighted by Crippen LogP contribution is 2.31. The minimum absolute atomic E-state index is 0.0455. The van der Waals surface area contributed by atoms with Crippen molar-refractivity contribution < 1.29 is 9.47 Å². The van der Waals surface area contributed by atoms with Crippen molar-refractivity contribution in [2.45, 2.75) is 31.7 Å². The highest BCUT2D eigenvalue weighted by Gasteiger charge is 2.31. The molecule has 1 aliphatic rings. The summed E-state index contributed by atoms with van der Waals surface area (Å²) in [6.45, 7) is 1.17. The zero-order valence-electron chi connectivity index (χ0n) is 10.7. The molecule has 106 valence electrons. The van der Waals surface area contributed by atoms with Crippen LogP contribution in [0.1, 0.15) is 30.1 Å². The van der Waals surface area contributed by atoms with Crippen molar-refractivity contribution in [3.05, 3.63) is 40.4 Å². The van der Waals surface area contributed by atoms with E-state index in [2.05, 4.69) is 14.3 Å². The van der Waals surface area contributed by atoms with Gasteiger partial charge >= 0.3 is 0 Å². The molecule has 0 saturated carbocycles. The molecule has 3 rings (SSSR count). The number of pyridine rings is 1. The van der Waals surface area contributed by atoms with Gasteiger partial charge in [-0.1, -0.05) is 6.07 Å². The van der Waals surface area contributed by atoms with Crippen LogP contribution in [0.5, 0.6) is 0 Å². The van der Waals surface area contributed by atoms with Gasteiger partial charge in [0, 0.05) is 19.0 Å². The topological polar surface area (TPSA) is 57.1 Å². The van der Waals surface area contributed by atoms with Crippen molar-refractivity contribution in [1.82, 2.24) is 14.3 Å². The van der Waals surface area contributed by atoms with Gasteiger partial charge < -0.3 is 9.47 Å². The second-order valence-electron chi connectivity index (χ2n) is 4.57. The summed E-state index contributed by atoms with van der Waals surface area (Å²) in [4.78, 5) is 8.31. The molecular weight excluding hydrogens is 298 g/mol. The molecular formula is C13H14ClN3O2S. The van der Waals surface area contributed by atoms with E-state index < -0.39 is 0 Å². The minimum atomic E-state index is -0.324. The van der Waals surface area contributed by atoms with Crippen LogP contribution in [-0.4, -0.2) is 27.2 Å². The molecule has 3 heterocycles. The quantitative estimate of drug-likeness (QED) is 0.868. The Morgan fingerprint density at radius 3 is 3.20 bits per heavy atom. The van der Waals surface area contributed by atoms with Gasteiger partial charge in [-0.3, -0.25) is 4.98 Å². The van der Waals surface area contributed by atoms with Gasteiger partial charge in [-0.25, -0.2) is 4.98 Å². The van der Waals surface area contributed by atoms with Gasteiger partial charge in [0.25, 0.3) is 0 Å². The highest BCUT2D eigenvalue weighted by atomic mass is 35.5. The van der Waals surface area contributed by atoms with Crippen LogP contribution in [0.3, 0.4) is 0 Å². The summed E-state index contributed by atoms with van der Waals surface area (Å²) in [7, 11) is 0. The van der Waals surface area contributed by atoms with E-state index in [0.29, 0.717) is 17.7 Å². The Labute approximate surface area is 126 Å². The van der Waals surface area contributed by atoms with Gasteiger partial charge in [0.1, 0.15) is 0 Å². The van der Waals surface area contributed by atoms with Crippen molar-refractivity contribution in [2.75, 3.05) is 6.61 Å². The average Bonchev–Trinajstić information content (AvgIpc) is 2.93. The Morgan fingerprint density at radius 1 is 1.50 bits per heavy atom. The van der Waals surface area contributed by atoms with Crippen molar-refractivity contribution in [3.8, 4) is 0 Å². The molecule has 20 heavy (non-hydrogen) atoms. The lowest BCUT2D eigenvalue weighted by molar-refractivity contribution is -0.182. The Balaban J connectivity index is 1.66. The molecule has 0 radical (unpaired) electrons. The number of nitrogens with zero attached hydrogens (tertiary/aromatic N) is 3. The molecule has 0 spiro atoms. The molecule has 0 N–H and O–H groups in total. The molecule has 5 nitrogen and oxygen atoms in total. The van der Waals surface area contributed by atoms with E-state index in [1.807, 2.05) is 12.1 Å². The summed E-state index contributed by atoms with van der Waals surface area (Å²) in [5.74, 6) is 0.764. The molecule has 2 atom stereocenters. The maximum Gasteiger partial charge on any atom is 0.203 e. The van der Waals surface area contributed by atoms with E-state index in [-0.39, 0.29) is 12.2 Å². The zero-order valence-corrected chi connectivity index (χ0v) is 12.3. The largest absolute Gasteiger partial charge is 0.352 e. The lowest BCUT2D eigenvalue weighted by Gasteiger charge is -2.29. The van der Waals surface area contributed by atoms with E-state index in [9.17, 15) is 0 Å². The molecule has 2 unspecified atom stereocenters. The van der Waals surface area contributed by atoms with Crippen LogP contribution in [-0.2, 0) is 16.1 Å². The van der Waals surface area contributed by atoms with Crippen LogP contribution in [0, 0.1) is 0 Å². The Bertz CT molecular complexity index is 552. The zero-order chi connectivity index (χ0) is 13.8. The Kier molecular flexibility index (Phi) is 4.57. The number of halogens is 1. The first-order chi connectivity index (χ1) is 9.83. The van der Waals surface area contributed by atoms with E-state index in [1.165, 1.54) is 11.5 Å². The first-order valence-corrected chi connectivity index (χ1v) is 7.59. The Hall–Kier alpha value is -1.08. The van der Waals surface area contributed by atoms with E-state index >= 15 is 0 Å². The standard InChI is InChI=1S/C13H14ClN3O2S/c14-13-16-11(17-20-13)10-4-2-6-18-12(10)19-8-9-3-1-5-15-7-9/h1,3,5,7,10,12H,2,4,6,8H2. The number of hydrogen-bond donors (Lipinski definition) is 0. The van der Waals surface area contributed by atoms with Crippen LogP contribution in [0.15, 0.2) is 24.5 Å². The van der Waals surface area contributed by atoms with Gasteiger partial charge in [-0.2, -0.15) is 4.37 Å². The molecule has 1 saturated heterocycles. The Morgan fingerprint density at radius 2 is 2.45 bits per heavy atom. The summed E-state index contributed by atoms with van der Waals surface area (Å²) in [5, 5.41) is 0. The summed E-state index contributed by atoms with van der Waals surface area (Å²) in [6.07, 6.45) is 5.13. The predicted molar refractivity (Wildman–Crippen MR) is 75.7 cm³/mol. The van der Waals surface area contributed by atoms with Crippen LogP contribution in [0.2, 0.25) is 4.47 Å². The first kappa shape index (κ1) is 13.9. The minimum Gasteiger partial charge on any atom is -0.352 e. The number of ether oxygens (including phenoxy) is 2. The molecule has 0 amide bonds. The molecule has 2 aromatic rings. The van der Waals surface area contributed by atoms with Crippen LogP contribution >= 0.6 is 23.1 Å². The summed E-state index contributed by atoms with van der Waals surface area (Å²) >= 11 is 7.05. The van der Waals surface area contributed by atoms with E-state index in [4.69, 9.17) is 21.1 Å². The molecule has 1 fully saturated rings. The molecule has 0 bridgehead atoms. The maximum atomic E-state index is 5.86. The number of aromatic nitrogens is 3. The second-order valence-corrected chi connectivity index (χ2v) is 5.90. The lowest BCUT2D eigenvalue weighted by atomic mass is 10.00. The third-order valence-corrected chi connectivity index (χ3v) is 3.97. The third kappa shape index (κ3) is 3.32. The van der Waals surface area contributed by atoms with E-state index in [1.54, 1.807) is 12.4 Å².